The highest BCUT2D eigenvalue weighted by molar-refractivity contribution is 9.10. The zero-order valence-electron chi connectivity index (χ0n) is 10.6. The molecule has 1 atom stereocenters. The first-order valence-electron chi connectivity index (χ1n) is 6.36. The van der Waals surface area contributed by atoms with Gasteiger partial charge in [0, 0.05) is 30.7 Å². The highest BCUT2D eigenvalue weighted by Crippen LogP contribution is 2.32. The molecular formula is C14H18BrN3. The van der Waals surface area contributed by atoms with Crippen molar-refractivity contribution in [2.45, 2.75) is 18.9 Å². The SMILES string of the molecule is CCC(C#N)(c1ccc(Br)cc1)N1CCNCC1. The molecule has 1 aromatic rings. The lowest BCUT2D eigenvalue weighted by atomic mass is 9.86. The predicted molar refractivity (Wildman–Crippen MR) is 76.2 cm³/mol. The molecule has 0 bridgehead atoms. The Hall–Kier alpha value is -0.890. The lowest BCUT2D eigenvalue weighted by molar-refractivity contribution is 0.113. The Morgan fingerprint density at radius 2 is 1.94 bits per heavy atom. The van der Waals surface area contributed by atoms with Gasteiger partial charge in [0.25, 0.3) is 0 Å². The topological polar surface area (TPSA) is 39.1 Å². The van der Waals surface area contributed by atoms with Gasteiger partial charge in [0.15, 0.2) is 0 Å². The van der Waals surface area contributed by atoms with E-state index in [1.165, 1.54) is 0 Å². The highest BCUT2D eigenvalue weighted by Gasteiger charge is 2.37. The Labute approximate surface area is 117 Å². The molecule has 0 radical (unpaired) electrons. The van der Waals surface area contributed by atoms with Crippen LogP contribution in [-0.2, 0) is 5.54 Å². The van der Waals surface area contributed by atoms with Crippen LogP contribution in [0.1, 0.15) is 18.9 Å². The van der Waals surface area contributed by atoms with E-state index >= 15 is 0 Å². The zero-order valence-corrected chi connectivity index (χ0v) is 12.2. The summed E-state index contributed by atoms with van der Waals surface area (Å²) in [5, 5.41) is 13.1. The predicted octanol–water partition coefficient (Wildman–Crippen LogP) is 2.48. The lowest BCUT2D eigenvalue weighted by Crippen LogP contribution is -2.53. The van der Waals surface area contributed by atoms with Crippen LogP contribution >= 0.6 is 15.9 Å². The maximum atomic E-state index is 9.73. The summed E-state index contributed by atoms with van der Waals surface area (Å²) in [5.74, 6) is 0. The standard InChI is InChI=1S/C14H18BrN3/c1-2-14(11-16,18-9-7-17-8-10-18)12-3-5-13(15)6-4-12/h3-6,17H,2,7-10H2,1H3. The number of nitrogens with one attached hydrogen (secondary N) is 1. The summed E-state index contributed by atoms with van der Waals surface area (Å²) < 4.78 is 1.05. The van der Waals surface area contributed by atoms with Gasteiger partial charge >= 0.3 is 0 Å². The minimum absolute atomic E-state index is 0.483. The molecule has 18 heavy (non-hydrogen) atoms. The van der Waals surface area contributed by atoms with E-state index in [2.05, 4.69) is 51.3 Å². The van der Waals surface area contributed by atoms with E-state index in [0.717, 1.165) is 42.6 Å². The monoisotopic (exact) mass is 307 g/mol. The third-order valence-electron chi connectivity index (χ3n) is 3.68. The number of hydrogen-bond donors (Lipinski definition) is 1. The summed E-state index contributed by atoms with van der Waals surface area (Å²) in [7, 11) is 0. The molecule has 1 aliphatic rings. The second kappa shape index (κ2) is 5.83. The van der Waals surface area contributed by atoms with Crippen molar-refractivity contribution in [3.63, 3.8) is 0 Å². The third-order valence-corrected chi connectivity index (χ3v) is 4.20. The number of hydrogen-bond acceptors (Lipinski definition) is 3. The van der Waals surface area contributed by atoms with Crippen LogP contribution in [0, 0.1) is 11.3 Å². The van der Waals surface area contributed by atoms with E-state index in [1.54, 1.807) is 0 Å². The number of rotatable bonds is 3. The fourth-order valence-corrected chi connectivity index (χ4v) is 2.86. The molecule has 0 spiro atoms. The molecule has 1 N–H and O–H groups in total. The first kappa shape index (κ1) is 13.5. The van der Waals surface area contributed by atoms with Crippen LogP contribution in [0.25, 0.3) is 0 Å². The molecule has 1 unspecified atom stereocenters. The molecule has 1 heterocycles. The Bertz CT molecular complexity index is 431. The van der Waals surface area contributed by atoms with Crippen molar-refractivity contribution >= 4 is 15.9 Å². The second-order valence-corrected chi connectivity index (χ2v) is 5.49. The van der Waals surface area contributed by atoms with Gasteiger partial charge < -0.3 is 5.32 Å². The Morgan fingerprint density at radius 1 is 1.33 bits per heavy atom. The van der Waals surface area contributed by atoms with Gasteiger partial charge in [-0.3, -0.25) is 4.90 Å². The Balaban J connectivity index is 2.36. The Kier molecular flexibility index (Phi) is 4.39. The van der Waals surface area contributed by atoms with Gasteiger partial charge in [-0.2, -0.15) is 5.26 Å². The number of nitrogens with zero attached hydrogens (tertiary/aromatic N) is 2. The maximum Gasteiger partial charge on any atom is 0.134 e. The Morgan fingerprint density at radius 3 is 2.44 bits per heavy atom. The molecule has 96 valence electrons. The summed E-state index contributed by atoms with van der Waals surface area (Å²) >= 11 is 3.45. The number of nitriles is 1. The lowest BCUT2D eigenvalue weighted by Gasteiger charge is -2.41. The van der Waals surface area contributed by atoms with E-state index in [4.69, 9.17) is 0 Å². The van der Waals surface area contributed by atoms with Crippen molar-refractivity contribution in [3.05, 3.63) is 34.3 Å². The number of halogens is 1. The van der Waals surface area contributed by atoms with E-state index < -0.39 is 5.54 Å². The smallest absolute Gasteiger partial charge is 0.134 e. The fraction of sp³-hybridized carbons (Fsp3) is 0.500. The van der Waals surface area contributed by atoms with E-state index in [9.17, 15) is 5.26 Å². The van der Waals surface area contributed by atoms with E-state index in [-0.39, 0.29) is 0 Å². The van der Waals surface area contributed by atoms with Gasteiger partial charge in [-0.25, -0.2) is 0 Å². The average molecular weight is 308 g/mol. The molecule has 1 aliphatic heterocycles. The largest absolute Gasteiger partial charge is 0.314 e. The van der Waals surface area contributed by atoms with Crippen LogP contribution in [-0.4, -0.2) is 31.1 Å². The van der Waals surface area contributed by atoms with Crippen molar-refractivity contribution < 1.29 is 0 Å². The zero-order chi connectivity index (χ0) is 13.0. The highest BCUT2D eigenvalue weighted by atomic mass is 79.9. The molecule has 0 amide bonds. The minimum atomic E-state index is -0.483. The van der Waals surface area contributed by atoms with Gasteiger partial charge in [-0.15, -0.1) is 0 Å². The molecule has 1 saturated heterocycles. The molecule has 0 saturated carbocycles. The minimum Gasteiger partial charge on any atom is -0.314 e. The van der Waals surface area contributed by atoms with Gasteiger partial charge in [0.05, 0.1) is 6.07 Å². The fourth-order valence-electron chi connectivity index (χ4n) is 2.60. The van der Waals surface area contributed by atoms with Gasteiger partial charge in [0.1, 0.15) is 5.54 Å². The van der Waals surface area contributed by atoms with Crippen LogP contribution < -0.4 is 5.32 Å². The number of piperazine rings is 1. The van der Waals surface area contributed by atoms with Crippen molar-refractivity contribution in [1.29, 1.82) is 5.26 Å². The quantitative estimate of drug-likeness (QED) is 0.932. The molecule has 1 fully saturated rings. The summed E-state index contributed by atoms with van der Waals surface area (Å²) in [6, 6.07) is 10.7. The summed E-state index contributed by atoms with van der Waals surface area (Å²) in [6.45, 7) is 5.86. The first-order chi connectivity index (χ1) is 8.73. The van der Waals surface area contributed by atoms with Crippen LogP contribution in [0.4, 0.5) is 0 Å². The van der Waals surface area contributed by atoms with Gasteiger partial charge in [-0.1, -0.05) is 35.0 Å². The van der Waals surface area contributed by atoms with Gasteiger partial charge in [-0.05, 0) is 24.1 Å². The van der Waals surface area contributed by atoms with Crippen LogP contribution in [0.5, 0.6) is 0 Å². The van der Waals surface area contributed by atoms with Crippen molar-refractivity contribution in [2.75, 3.05) is 26.2 Å². The molecule has 0 aromatic heterocycles. The van der Waals surface area contributed by atoms with E-state index in [0.29, 0.717) is 0 Å². The van der Waals surface area contributed by atoms with Crippen LogP contribution in [0.3, 0.4) is 0 Å². The molecular weight excluding hydrogens is 290 g/mol. The van der Waals surface area contributed by atoms with Crippen molar-refractivity contribution in [2.24, 2.45) is 0 Å². The van der Waals surface area contributed by atoms with Crippen molar-refractivity contribution in [1.82, 2.24) is 10.2 Å². The average Bonchev–Trinajstić information content (AvgIpc) is 2.44. The third kappa shape index (κ3) is 2.44. The first-order valence-corrected chi connectivity index (χ1v) is 7.15. The van der Waals surface area contributed by atoms with Crippen molar-refractivity contribution in [3.8, 4) is 6.07 Å². The number of benzene rings is 1. The maximum absolute atomic E-state index is 9.73. The van der Waals surface area contributed by atoms with Crippen LogP contribution in [0.15, 0.2) is 28.7 Å². The molecule has 1 aromatic carbocycles. The van der Waals surface area contributed by atoms with Gasteiger partial charge in [0.2, 0.25) is 0 Å². The molecule has 3 nitrogen and oxygen atoms in total. The summed E-state index contributed by atoms with van der Waals surface area (Å²) in [6.07, 6.45) is 0.811. The summed E-state index contributed by atoms with van der Waals surface area (Å²) in [4.78, 5) is 2.30. The molecule has 0 aliphatic carbocycles. The second-order valence-electron chi connectivity index (χ2n) is 4.57. The van der Waals surface area contributed by atoms with Crippen LogP contribution in [0.2, 0.25) is 0 Å². The molecule has 4 heteroatoms. The van der Waals surface area contributed by atoms with E-state index in [1.807, 2.05) is 12.1 Å². The normalized spacial score (nSPS) is 20.1. The molecule has 2 rings (SSSR count). The summed E-state index contributed by atoms with van der Waals surface area (Å²) in [5.41, 5.74) is 0.612.